The highest BCUT2D eigenvalue weighted by Crippen LogP contribution is 2.33. The molecule has 0 amide bonds. The minimum Gasteiger partial charge on any atom is -0.507 e. The van der Waals surface area contributed by atoms with Crippen LogP contribution in [0, 0.1) is 13.8 Å². The average Bonchev–Trinajstić information content (AvgIpc) is 3.37. The van der Waals surface area contributed by atoms with E-state index in [-0.39, 0.29) is 5.75 Å². The molecule has 0 aliphatic carbocycles. The number of morpholine rings is 1. The van der Waals surface area contributed by atoms with Gasteiger partial charge in [-0.05, 0) is 42.3 Å². The number of hydrogen-bond acceptors (Lipinski definition) is 6. The number of nitrogens with zero attached hydrogens (tertiary/aromatic N) is 6. The van der Waals surface area contributed by atoms with E-state index in [9.17, 15) is 5.11 Å². The van der Waals surface area contributed by atoms with Crippen LogP contribution in [0.4, 0.5) is 0 Å². The molecular weight excluding hydrogens is 416 g/mol. The molecule has 1 saturated heterocycles. The van der Waals surface area contributed by atoms with E-state index in [0.29, 0.717) is 11.4 Å². The highest BCUT2D eigenvalue weighted by Gasteiger charge is 2.20. The molecule has 3 aromatic heterocycles. The number of hydrogen-bond donors (Lipinski definition) is 1. The summed E-state index contributed by atoms with van der Waals surface area (Å²) in [6.45, 7) is 9.62. The fourth-order valence-corrected chi connectivity index (χ4v) is 4.79. The van der Waals surface area contributed by atoms with Gasteiger partial charge in [-0.15, -0.1) is 5.10 Å². The van der Waals surface area contributed by atoms with Gasteiger partial charge in [0.2, 0.25) is 0 Å². The lowest BCUT2D eigenvalue weighted by atomic mass is 10.1. The molecule has 0 bridgehead atoms. The summed E-state index contributed by atoms with van der Waals surface area (Å²) in [6.07, 6.45) is 1.72. The fraction of sp³-hybridized carbons (Fsp3) is 0.320. The molecule has 5 aromatic rings. The number of phenols is 1. The summed E-state index contributed by atoms with van der Waals surface area (Å²) in [5, 5.41) is 18.4. The molecular formula is C25H26N6O2. The molecule has 8 nitrogen and oxygen atoms in total. The molecule has 8 heteroatoms. The first-order valence-electron chi connectivity index (χ1n) is 11.3. The van der Waals surface area contributed by atoms with Crippen LogP contribution in [0.15, 0.2) is 42.7 Å². The molecule has 1 fully saturated rings. The lowest BCUT2D eigenvalue weighted by Crippen LogP contribution is -2.38. The first-order valence-corrected chi connectivity index (χ1v) is 11.3. The summed E-state index contributed by atoms with van der Waals surface area (Å²) in [6, 6.07) is 11.7. The lowest BCUT2D eigenvalue weighted by Gasteiger charge is -2.26. The van der Waals surface area contributed by atoms with Crippen molar-refractivity contribution >= 4 is 27.5 Å². The Morgan fingerprint density at radius 3 is 2.55 bits per heavy atom. The Morgan fingerprint density at radius 1 is 1.00 bits per heavy atom. The second-order valence-electron chi connectivity index (χ2n) is 8.68. The minimum absolute atomic E-state index is 0.171. The van der Waals surface area contributed by atoms with Crippen LogP contribution in [0.5, 0.6) is 5.75 Å². The van der Waals surface area contributed by atoms with Gasteiger partial charge in [0.15, 0.2) is 11.5 Å². The monoisotopic (exact) mass is 442 g/mol. The van der Waals surface area contributed by atoms with Gasteiger partial charge in [-0.25, -0.2) is 14.5 Å². The van der Waals surface area contributed by atoms with E-state index in [2.05, 4.69) is 28.4 Å². The third-order valence-corrected chi connectivity index (χ3v) is 6.79. The van der Waals surface area contributed by atoms with Crippen molar-refractivity contribution in [3.8, 4) is 17.1 Å². The van der Waals surface area contributed by atoms with Crippen molar-refractivity contribution in [3.63, 3.8) is 0 Å². The molecule has 33 heavy (non-hydrogen) atoms. The van der Waals surface area contributed by atoms with E-state index < -0.39 is 0 Å². The smallest absolute Gasteiger partial charge is 0.185 e. The van der Waals surface area contributed by atoms with Crippen LogP contribution in [-0.4, -0.2) is 67.0 Å². The van der Waals surface area contributed by atoms with Crippen molar-refractivity contribution in [2.24, 2.45) is 0 Å². The van der Waals surface area contributed by atoms with Crippen LogP contribution in [0.25, 0.3) is 38.8 Å². The van der Waals surface area contributed by atoms with Gasteiger partial charge in [0, 0.05) is 31.9 Å². The molecule has 1 N–H and O–H groups in total. The number of benzene rings is 2. The molecule has 0 unspecified atom stereocenters. The maximum absolute atomic E-state index is 10.7. The second kappa shape index (κ2) is 7.83. The first-order chi connectivity index (χ1) is 16.1. The average molecular weight is 443 g/mol. The molecule has 6 rings (SSSR count). The molecule has 0 radical (unpaired) electrons. The van der Waals surface area contributed by atoms with E-state index in [4.69, 9.17) is 14.7 Å². The van der Waals surface area contributed by atoms with Crippen molar-refractivity contribution in [3.05, 3.63) is 54.0 Å². The molecule has 1 aliphatic rings. The third kappa shape index (κ3) is 3.34. The molecule has 2 aromatic carbocycles. The summed E-state index contributed by atoms with van der Waals surface area (Å²) in [4.78, 5) is 12.0. The van der Waals surface area contributed by atoms with Gasteiger partial charge in [-0.3, -0.25) is 4.90 Å². The normalized spacial score (nSPS) is 15.2. The summed E-state index contributed by atoms with van der Waals surface area (Å²) in [5.74, 6) is 0.662. The third-order valence-electron chi connectivity index (χ3n) is 6.79. The zero-order valence-corrected chi connectivity index (χ0v) is 18.8. The number of fused-ring (bicyclic) bond motifs is 4. The van der Waals surface area contributed by atoms with Crippen molar-refractivity contribution in [2.45, 2.75) is 20.4 Å². The van der Waals surface area contributed by atoms with Gasteiger partial charge < -0.3 is 14.4 Å². The molecule has 0 saturated carbocycles. The zero-order chi connectivity index (χ0) is 22.5. The van der Waals surface area contributed by atoms with Crippen molar-refractivity contribution in [2.75, 3.05) is 32.8 Å². The summed E-state index contributed by atoms with van der Waals surface area (Å²) >= 11 is 0. The van der Waals surface area contributed by atoms with Crippen LogP contribution in [0.2, 0.25) is 0 Å². The van der Waals surface area contributed by atoms with Crippen LogP contribution in [-0.2, 0) is 11.3 Å². The number of phenolic OH excluding ortho intramolecular Hbond substituents is 1. The van der Waals surface area contributed by atoms with Crippen molar-refractivity contribution in [1.82, 2.24) is 29.0 Å². The topological polar surface area (TPSA) is 80.7 Å². The highest BCUT2D eigenvalue weighted by molar-refractivity contribution is 5.95. The Labute approximate surface area is 191 Å². The van der Waals surface area contributed by atoms with E-state index in [1.165, 1.54) is 5.69 Å². The van der Waals surface area contributed by atoms with E-state index in [1.54, 1.807) is 16.9 Å². The molecule has 0 atom stereocenters. The van der Waals surface area contributed by atoms with Gasteiger partial charge in [-0.2, -0.15) is 0 Å². The van der Waals surface area contributed by atoms with Crippen LogP contribution in [0.1, 0.15) is 11.3 Å². The number of rotatable bonds is 4. The van der Waals surface area contributed by atoms with Crippen LogP contribution < -0.4 is 0 Å². The predicted molar refractivity (Wildman–Crippen MR) is 128 cm³/mol. The van der Waals surface area contributed by atoms with Crippen LogP contribution in [0.3, 0.4) is 0 Å². The minimum atomic E-state index is 0.171. The SMILES string of the molecule is Cc1c(C)n(CCN2CCOCC2)c2ncn3nc(-c4cc5ccccc5cc4O)nc3c12. The lowest BCUT2D eigenvalue weighted by molar-refractivity contribution is 0.0364. The van der Waals surface area contributed by atoms with Gasteiger partial charge >= 0.3 is 0 Å². The quantitative estimate of drug-likeness (QED) is 0.459. The van der Waals surface area contributed by atoms with Gasteiger partial charge in [0.1, 0.15) is 17.7 Å². The maximum atomic E-state index is 10.7. The van der Waals surface area contributed by atoms with Gasteiger partial charge in [0.25, 0.3) is 0 Å². The van der Waals surface area contributed by atoms with Crippen molar-refractivity contribution in [1.29, 1.82) is 0 Å². The predicted octanol–water partition coefficient (Wildman–Crippen LogP) is 3.55. The fourth-order valence-electron chi connectivity index (χ4n) is 4.79. The standard InChI is InChI=1S/C25H26N6O2/c1-16-17(2)30(8-7-29-9-11-33-12-10-29)24-22(16)25-27-23(28-31(25)15-26-24)20-13-18-5-3-4-6-19(18)14-21(20)32/h3-6,13-15,32H,7-12H2,1-2H3. The van der Waals surface area contributed by atoms with E-state index in [1.807, 2.05) is 30.3 Å². The number of aryl methyl sites for hydroxylation is 1. The second-order valence-corrected chi connectivity index (χ2v) is 8.68. The Morgan fingerprint density at radius 2 is 1.76 bits per heavy atom. The molecule has 168 valence electrons. The molecule has 1 aliphatic heterocycles. The summed E-state index contributed by atoms with van der Waals surface area (Å²) < 4.78 is 9.47. The van der Waals surface area contributed by atoms with E-state index in [0.717, 1.165) is 72.4 Å². The first kappa shape index (κ1) is 20.1. The van der Waals surface area contributed by atoms with Gasteiger partial charge in [-0.1, -0.05) is 24.3 Å². The van der Waals surface area contributed by atoms with E-state index >= 15 is 0 Å². The zero-order valence-electron chi connectivity index (χ0n) is 18.8. The van der Waals surface area contributed by atoms with Gasteiger partial charge in [0.05, 0.1) is 24.2 Å². The Bertz CT molecular complexity index is 1500. The maximum Gasteiger partial charge on any atom is 0.185 e. The van der Waals surface area contributed by atoms with Crippen LogP contribution >= 0.6 is 0 Å². The molecule has 4 heterocycles. The van der Waals surface area contributed by atoms with Crippen molar-refractivity contribution < 1.29 is 9.84 Å². The number of ether oxygens (including phenoxy) is 1. The number of aromatic nitrogens is 5. The highest BCUT2D eigenvalue weighted by atomic mass is 16.5. The number of aromatic hydroxyl groups is 1. The summed E-state index contributed by atoms with van der Waals surface area (Å²) in [5.41, 5.74) is 4.65. The molecule has 0 spiro atoms. The summed E-state index contributed by atoms with van der Waals surface area (Å²) in [7, 11) is 0. The Balaban J connectivity index is 1.44. The Hall–Kier alpha value is -3.49. The largest absolute Gasteiger partial charge is 0.507 e. The Kier molecular flexibility index (Phi) is 4.78.